The first-order valence-corrected chi connectivity index (χ1v) is 4.29. The van der Waals surface area contributed by atoms with Crippen LogP contribution in [0, 0.1) is 11.8 Å². The zero-order valence-corrected chi connectivity index (χ0v) is 6.99. The van der Waals surface area contributed by atoms with Gasteiger partial charge in [0.1, 0.15) is 0 Å². The van der Waals surface area contributed by atoms with E-state index in [1.54, 1.807) is 0 Å². The average Bonchev–Trinajstić information content (AvgIpc) is 1.92. The molecule has 0 saturated carbocycles. The first-order valence-electron chi connectivity index (χ1n) is 4.29. The van der Waals surface area contributed by atoms with Crippen LogP contribution in [0.1, 0.15) is 0 Å². The lowest BCUT2D eigenvalue weighted by Crippen LogP contribution is -2.57. The first-order chi connectivity index (χ1) is 5.27. The molecule has 0 radical (unpaired) electrons. The molecule has 2 unspecified atom stereocenters. The number of nitrogens with two attached hydrogens (primary N) is 1. The van der Waals surface area contributed by atoms with Gasteiger partial charge in [0.2, 0.25) is 0 Å². The molecule has 2 aliphatic rings. The van der Waals surface area contributed by atoms with E-state index in [1.807, 2.05) is 0 Å². The van der Waals surface area contributed by atoms with Gasteiger partial charge in [0.25, 0.3) is 0 Å². The summed E-state index contributed by atoms with van der Waals surface area (Å²) in [5.74, 6) is 1.15. The molecule has 2 atom stereocenters. The largest absolute Gasteiger partial charge is 0.381 e. The summed E-state index contributed by atoms with van der Waals surface area (Å²) >= 11 is 0. The van der Waals surface area contributed by atoms with Gasteiger partial charge in [-0.3, -0.25) is 0 Å². The molecular weight excluding hydrogens is 140 g/mol. The standard InChI is InChI=1S/C8H16N2O/c1-10-2-6-4-11-5-7(3-10)8(6)9/h6-8H,2-5,9H2,1H3. The van der Waals surface area contributed by atoms with E-state index in [1.165, 1.54) is 0 Å². The van der Waals surface area contributed by atoms with Crippen LogP contribution in [0.5, 0.6) is 0 Å². The fourth-order valence-electron chi connectivity index (χ4n) is 2.20. The molecule has 0 spiro atoms. The van der Waals surface area contributed by atoms with Crippen LogP contribution in [0.4, 0.5) is 0 Å². The molecular formula is C8H16N2O. The minimum absolute atomic E-state index is 0.389. The van der Waals surface area contributed by atoms with Crippen LogP contribution in [-0.2, 0) is 4.74 Å². The van der Waals surface area contributed by atoms with E-state index in [-0.39, 0.29) is 0 Å². The van der Waals surface area contributed by atoms with Crippen molar-refractivity contribution in [1.82, 2.24) is 4.90 Å². The third-order valence-corrected chi connectivity index (χ3v) is 2.84. The van der Waals surface area contributed by atoms with Crippen LogP contribution >= 0.6 is 0 Å². The summed E-state index contributed by atoms with van der Waals surface area (Å²) in [4.78, 5) is 2.36. The van der Waals surface area contributed by atoms with Crippen LogP contribution in [-0.4, -0.2) is 44.3 Å². The number of nitrogens with zero attached hydrogens (tertiary/aromatic N) is 1. The lowest BCUT2D eigenvalue weighted by atomic mass is 9.83. The highest BCUT2D eigenvalue weighted by atomic mass is 16.5. The van der Waals surface area contributed by atoms with Gasteiger partial charge in [-0.2, -0.15) is 0 Å². The van der Waals surface area contributed by atoms with Gasteiger partial charge in [0.05, 0.1) is 13.2 Å². The van der Waals surface area contributed by atoms with Crippen molar-refractivity contribution >= 4 is 0 Å². The summed E-state index contributed by atoms with van der Waals surface area (Å²) in [6.07, 6.45) is 0. The molecule has 2 aliphatic heterocycles. The third-order valence-electron chi connectivity index (χ3n) is 2.84. The lowest BCUT2D eigenvalue weighted by molar-refractivity contribution is -0.0482. The van der Waals surface area contributed by atoms with E-state index in [0.717, 1.165) is 26.3 Å². The number of rotatable bonds is 0. The fourth-order valence-corrected chi connectivity index (χ4v) is 2.20. The van der Waals surface area contributed by atoms with E-state index < -0.39 is 0 Å². The smallest absolute Gasteiger partial charge is 0.0521 e. The molecule has 0 aromatic rings. The van der Waals surface area contributed by atoms with Gasteiger partial charge in [-0.15, -0.1) is 0 Å². The van der Waals surface area contributed by atoms with Gasteiger partial charge >= 0.3 is 0 Å². The van der Waals surface area contributed by atoms with E-state index in [2.05, 4.69) is 11.9 Å². The first kappa shape index (κ1) is 7.53. The molecule has 2 heterocycles. The van der Waals surface area contributed by atoms with E-state index in [0.29, 0.717) is 17.9 Å². The maximum atomic E-state index is 6.04. The highest BCUT2D eigenvalue weighted by Crippen LogP contribution is 2.24. The predicted octanol–water partition coefficient (Wildman–Crippen LogP) is -0.478. The van der Waals surface area contributed by atoms with Gasteiger partial charge in [0, 0.05) is 31.0 Å². The summed E-state index contributed by atoms with van der Waals surface area (Å²) < 4.78 is 5.45. The number of hydrogen-bond acceptors (Lipinski definition) is 3. The summed E-state index contributed by atoms with van der Waals surface area (Å²) in [6.45, 7) is 3.94. The van der Waals surface area contributed by atoms with Crippen molar-refractivity contribution < 1.29 is 4.74 Å². The average molecular weight is 156 g/mol. The molecule has 0 aliphatic carbocycles. The van der Waals surface area contributed by atoms with Crippen molar-refractivity contribution in [2.24, 2.45) is 17.6 Å². The second-order valence-electron chi connectivity index (χ2n) is 3.86. The minimum atomic E-state index is 0.389. The van der Waals surface area contributed by atoms with Crippen molar-refractivity contribution in [1.29, 1.82) is 0 Å². The lowest BCUT2D eigenvalue weighted by Gasteiger charge is -2.44. The van der Waals surface area contributed by atoms with Crippen molar-refractivity contribution in [3.8, 4) is 0 Å². The summed E-state index contributed by atoms with van der Waals surface area (Å²) in [6, 6.07) is 0.389. The van der Waals surface area contributed by atoms with E-state index >= 15 is 0 Å². The van der Waals surface area contributed by atoms with Crippen LogP contribution in [0.15, 0.2) is 0 Å². The van der Waals surface area contributed by atoms with Gasteiger partial charge in [-0.1, -0.05) is 0 Å². The molecule has 11 heavy (non-hydrogen) atoms. The second kappa shape index (κ2) is 2.73. The maximum Gasteiger partial charge on any atom is 0.0521 e. The summed E-state index contributed by atoms with van der Waals surface area (Å²) in [5.41, 5.74) is 6.04. The van der Waals surface area contributed by atoms with Crippen LogP contribution in [0.3, 0.4) is 0 Å². The molecule has 2 bridgehead atoms. The number of hydrogen-bond donors (Lipinski definition) is 1. The normalized spacial score (nSPS) is 45.8. The third kappa shape index (κ3) is 1.28. The Labute approximate surface area is 67.5 Å². The Morgan fingerprint density at radius 2 is 1.82 bits per heavy atom. The molecule has 2 rings (SSSR count). The predicted molar refractivity (Wildman–Crippen MR) is 43.3 cm³/mol. The molecule has 3 heteroatoms. The number of piperidine rings is 1. The molecule has 3 nitrogen and oxygen atoms in total. The SMILES string of the molecule is CN1CC2COCC(C1)C2N. The molecule has 2 fully saturated rings. The van der Waals surface area contributed by atoms with E-state index in [9.17, 15) is 0 Å². The van der Waals surface area contributed by atoms with Gasteiger partial charge in [-0.05, 0) is 7.05 Å². The molecule has 0 aromatic heterocycles. The van der Waals surface area contributed by atoms with Crippen molar-refractivity contribution in [2.75, 3.05) is 33.4 Å². The van der Waals surface area contributed by atoms with Crippen LogP contribution < -0.4 is 5.73 Å². The van der Waals surface area contributed by atoms with Crippen molar-refractivity contribution in [3.05, 3.63) is 0 Å². The Hall–Kier alpha value is -0.120. The quantitative estimate of drug-likeness (QED) is 0.515. The zero-order chi connectivity index (χ0) is 7.84. The number of fused-ring (bicyclic) bond motifs is 2. The Morgan fingerprint density at radius 3 is 2.36 bits per heavy atom. The van der Waals surface area contributed by atoms with Gasteiger partial charge < -0.3 is 15.4 Å². The molecule has 64 valence electrons. The van der Waals surface area contributed by atoms with Gasteiger partial charge in [-0.25, -0.2) is 0 Å². The zero-order valence-electron chi connectivity index (χ0n) is 6.99. The molecule has 0 amide bonds. The maximum absolute atomic E-state index is 6.04. The van der Waals surface area contributed by atoms with Crippen LogP contribution in [0.25, 0.3) is 0 Å². The van der Waals surface area contributed by atoms with Crippen molar-refractivity contribution in [3.63, 3.8) is 0 Å². The Bertz CT molecular complexity index is 137. The number of ether oxygens (including phenoxy) is 1. The van der Waals surface area contributed by atoms with Crippen molar-refractivity contribution in [2.45, 2.75) is 6.04 Å². The molecule has 2 N–H and O–H groups in total. The highest BCUT2D eigenvalue weighted by molar-refractivity contribution is 4.90. The Kier molecular flexibility index (Phi) is 1.87. The highest BCUT2D eigenvalue weighted by Gasteiger charge is 2.36. The summed E-state index contributed by atoms with van der Waals surface area (Å²) in [7, 11) is 2.16. The Balaban J connectivity index is 2.07. The Morgan fingerprint density at radius 1 is 1.27 bits per heavy atom. The van der Waals surface area contributed by atoms with Gasteiger partial charge in [0.15, 0.2) is 0 Å². The monoisotopic (exact) mass is 156 g/mol. The van der Waals surface area contributed by atoms with Crippen LogP contribution in [0.2, 0.25) is 0 Å². The topological polar surface area (TPSA) is 38.5 Å². The fraction of sp³-hybridized carbons (Fsp3) is 1.00. The molecule has 2 saturated heterocycles. The minimum Gasteiger partial charge on any atom is -0.381 e. The number of likely N-dealkylation sites (tertiary alicyclic amines) is 1. The van der Waals surface area contributed by atoms with E-state index in [4.69, 9.17) is 10.5 Å². The second-order valence-corrected chi connectivity index (χ2v) is 3.86. The summed E-state index contributed by atoms with van der Waals surface area (Å²) in [5, 5.41) is 0. The molecule has 0 aromatic carbocycles.